The van der Waals surface area contributed by atoms with Crippen LogP contribution in [0.2, 0.25) is 0 Å². The molecule has 0 aliphatic carbocycles. The Kier molecular flexibility index (Phi) is 7.48. The predicted octanol–water partition coefficient (Wildman–Crippen LogP) is 2.01. The van der Waals surface area contributed by atoms with Gasteiger partial charge in [0, 0.05) is 25.2 Å². The summed E-state index contributed by atoms with van der Waals surface area (Å²) < 4.78 is 5.53. The van der Waals surface area contributed by atoms with Crippen LogP contribution in [0.5, 0.6) is 0 Å². The Labute approximate surface area is 116 Å². The van der Waals surface area contributed by atoms with E-state index in [2.05, 4.69) is 30.6 Å². The fourth-order valence-corrected chi connectivity index (χ4v) is 1.94. The first-order chi connectivity index (χ1) is 9.17. The molecule has 0 saturated heterocycles. The van der Waals surface area contributed by atoms with Crippen LogP contribution in [-0.4, -0.2) is 36.2 Å². The minimum absolute atomic E-state index is 0.159. The van der Waals surface area contributed by atoms with Crippen LogP contribution in [0, 0.1) is 5.92 Å². The van der Waals surface area contributed by atoms with E-state index in [1.165, 1.54) is 5.56 Å². The number of hydrogen-bond donors (Lipinski definition) is 2. The first-order valence-corrected chi connectivity index (χ1v) is 6.87. The van der Waals surface area contributed by atoms with E-state index in [0.29, 0.717) is 12.5 Å². The molecule has 2 N–H and O–H groups in total. The standard InChI is InChI=1S/C15H26N2O2/c1-4-6-17(7-8-18)12-14-5-9-19-15(14)11-16-10-13(2)3/h4-5,9,13,16,18H,1,6-8,10-12H2,2-3H3. The molecule has 1 rings (SSSR count). The Morgan fingerprint density at radius 3 is 2.95 bits per heavy atom. The second-order valence-electron chi connectivity index (χ2n) is 5.14. The van der Waals surface area contributed by atoms with Crippen molar-refractivity contribution in [1.82, 2.24) is 10.2 Å². The summed E-state index contributed by atoms with van der Waals surface area (Å²) in [5.41, 5.74) is 1.17. The van der Waals surface area contributed by atoms with E-state index in [4.69, 9.17) is 9.52 Å². The normalized spacial score (nSPS) is 11.4. The number of nitrogens with zero attached hydrogens (tertiary/aromatic N) is 1. The molecule has 0 aromatic carbocycles. The molecule has 4 nitrogen and oxygen atoms in total. The summed E-state index contributed by atoms with van der Waals surface area (Å²) in [6, 6.07) is 2.00. The van der Waals surface area contributed by atoms with Gasteiger partial charge in [0.1, 0.15) is 5.76 Å². The smallest absolute Gasteiger partial charge is 0.122 e. The van der Waals surface area contributed by atoms with Gasteiger partial charge in [-0.25, -0.2) is 0 Å². The van der Waals surface area contributed by atoms with E-state index >= 15 is 0 Å². The molecular weight excluding hydrogens is 240 g/mol. The van der Waals surface area contributed by atoms with Crippen molar-refractivity contribution in [2.45, 2.75) is 26.9 Å². The highest BCUT2D eigenvalue weighted by molar-refractivity contribution is 5.17. The lowest BCUT2D eigenvalue weighted by Crippen LogP contribution is -2.27. The summed E-state index contributed by atoms with van der Waals surface area (Å²) in [6.07, 6.45) is 3.58. The molecule has 0 aliphatic heterocycles. The third kappa shape index (κ3) is 6.05. The Bertz CT molecular complexity index is 361. The maximum Gasteiger partial charge on any atom is 0.122 e. The maximum atomic E-state index is 9.05. The van der Waals surface area contributed by atoms with Crippen molar-refractivity contribution in [3.8, 4) is 0 Å². The van der Waals surface area contributed by atoms with Crippen LogP contribution in [0.15, 0.2) is 29.4 Å². The van der Waals surface area contributed by atoms with Crippen LogP contribution in [-0.2, 0) is 13.1 Å². The number of aliphatic hydroxyl groups excluding tert-OH is 1. The minimum Gasteiger partial charge on any atom is -0.468 e. The number of hydrogen-bond acceptors (Lipinski definition) is 4. The molecule has 0 unspecified atom stereocenters. The van der Waals surface area contributed by atoms with Gasteiger partial charge in [-0.2, -0.15) is 0 Å². The minimum atomic E-state index is 0.159. The highest BCUT2D eigenvalue weighted by Gasteiger charge is 2.10. The van der Waals surface area contributed by atoms with Gasteiger partial charge in [-0.05, 0) is 18.5 Å². The molecule has 108 valence electrons. The van der Waals surface area contributed by atoms with Gasteiger partial charge >= 0.3 is 0 Å². The third-order valence-electron chi connectivity index (χ3n) is 2.87. The Balaban J connectivity index is 2.52. The first kappa shape index (κ1) is 16.0. The zero-order valence-corrected chi connectivity index (χ0v) is 12.1. The molecule has 0 amide bonds. The van der Waals surface area contributed by atoms with Crippen LogP contribution >= 0.6 is 0 Å². The largest absolute Gasteiger partial charge is 0.468 e. The Morgan fingerprint density at radius 1 is 1.53 bits per heavy atom. The van der Waals surface area contributed by atoms with Gasteiger partial charge in [0.2, 0.25) is 0 Å². The van der Waals surface area contributed by atoms with Crippen LogP contribution in [0.1, 0.15) is 25.2 Å². The van der Waals surface area contributed by atoms with Crippen molar-refractivity contribution in [3.05, 3.63) is 36.3 Å². The number of rotatable bonds is 10. The molecule has 0 aliphatic rings. The summed E-state index contributed by atoms with van der Waals surface area (Å²) in [7, 11) is 0. The van der Waals surface area contributed by atoms with E-state index in [1.54, 1.807) is 6.26 Å². The van der Waals surface area contributed by atoms with Crippen LogP contribution in [0.25, 0.3) is 0 Å². The van der Waals surface area contributed by atoms with Gasteiger partial charge in [0.15, 0.2) is 0 Å². The molecule has 4 heteroatoms. The predicted molar refractivity (Wildman–Crippen MR) is 77.8 cm³/mol. The summed E-state index contributed by atoms with van der Waals surface area (Å²) in [5.74, 6) is 1.61. The summed E-state index contributed by atoms with van der Waals surface area (Å²) >= 11 is 0. The molecular formula is C15H26N2O2. The second kappa shape index (κ2) is 8.91. The van der Waals surface area contributed by atoms with E-state index < -0.39 is 0 Å². The van der Waals surface area contributed by atoms with Crippen LogP contribution in [0.3, 0.4) is 0 Å². The number of furan rings is 1. The lowest BCUT2D eigenvalue weighted by atomic mass is 10.2. The van der Waals surface area contributed by atoms with E-state index in [9.17, 15) is 0 Å². The summed E-state index contributed by atoms with van der Waals surface area (Å²) in [4.78, 5) is 2.14. The van der Waals surface area contributed by atoms with Crippen LogP contribution in [0.4, 0.5) is 0 Å². The highest BCUT2D eigenvalue weighted by Crippen LogP contribution is 2.13. The maximum absolute atomic E-state index is 9.05. The van der Waals surface area contributed by atoms with Gasteiger partial charge in [-0.15, -0.1) is 6.58 Å². The van der Waals surface area contributed by atoms with E-state index in [-0.39, 0.29) is 6.61 Å². The molecule has 0 fully saturated rings. The number of nitrogens with one attached hydrogen (secondary N) is 1. The van der Waals surface area contributed by atoms with Gasteiger partial charge < -0.3 is 14.8 Å². The summed E-state index contributed by atoms with van der Waals surface area (Å²) in [6.45, 7) is 12.2. The monoisotopic (exact) mass is 266 g/mol. The highest BCUT2D eigenvalue weighted by atomic mass is 16.3. The summed E-state index contributed by atoms with van der Waals surface area (Å²) in [5, 5.41) is 12.4. The van der Waals surface area contributed by atoms with Crippen molar-refractivity contribution in [2.24, 2.45) is 5.92 Å². The van der Waals surface area contributed by atoms with Gasteiger partial charge in [0.05, 0.1) is 19.4 Å². The molecule has 0 spiro atoms. The molecule has 0 bridgehead atoms. The zero-order valence-electron chi connectivity index (χ0n) is 12.1. The third-order valence-corrected chi connectivity index (χ3v) is 2.87. The van der Waals surface area contributed by atoms with Crippen molar-refractivity contribution < 1.29 is 9.52 Å². The number of aliphatic hydroxyl groups is 1. The fraction of sp³-hybridized carbons (Fsp3) is 0.600. The van der Waals surface area contributed by atoms with Crippen molar-refractivity contribution >= 4 is 0 Å². The van der Waals surface area contributed by atoms with Gasteiger partial charge in [0.25, 0.3) is 0 Å². The molecule has 1 heterocycles. The van der Waals surface area contributed by atoms with Crippen molar-refractivity contribution in [1.29, 1.82) is 0 Å². The van der Waals surface area contributed by atoms with Crippen LogP contribution < -0.4 is 5.32 Å². The lowest BCUT2D eigenvalue weighted by Gasteiger charge is -2.19. The van der Waals surface area contributed by atoms with Crippen molar-refractivity contribution in [2.75, 3.05) is 26.2 Å². The van der Waals surface area contributed by atoms with Gasteiger partial charge in [-0.1, -0.05) is 19.9 Å². The molecule has 1 aromatic heterocycles. The van der Waals surface area contributed by atoms with Gasteiger partial charge in [-0.3, -0.25) is 4.90 Å². The van der Waals surface area contributed by atoms with Crippen molar-refractivity contribution in [3.63, 3.8) is 0 Å². The Hall–Kier alpha value is -1.10. The molecule has 1 aromatic rings. The quantitative estimate of drug-likeness (QED) is 0.636. The fourth-order valence-electron chi connectivity index (χ4n) is 1.94. The lowest BCUT2D eigenvalue weighted by molar-refractivity contribution is 0.202. The average Bonchev–Trinajstić information content (AvgIpc) is 2.77. The molecule has 0 radical (unpaired) electrons. The zero-order chi connectivity index (χ0) is 14.1. The second-order valence-corrected chi connectivity index (χ2v) is 5.14. The Morgan fingerprint density at radius 2 is 2.32 bits per heavy atom. The molecule has 0 atom stereocenters. The molecule has 0 saturated carbocycles. The topological polar surface area (TPSA) is 48.6 Å². The van der Waals surface area contributed by atoms with E-state index in [0.717, 1.165) is 31.9 Å². The molecule has 19 heavy (non-hydrogen) atoms. The SMILES string of the molecule is C=CCN(CCO)Cc1ccoc1CNCC(C)C. The average molecular weight is 266 g/mol. The first-order valence-electron chi connectivity index (χ1n) is 6.87. The van der Waals surface area contributed by atoms with E-state index in [1.807, 2.05) is 12.1 Å².